The van der Waals surface area contributed by atoms with Gasteiger partial charge in [-0.1, -0.05) is 29.4 Å². The monoisotopic (exact) mass is 392 g/mol. The summed E-state index contributed by atoms with van der Waals surface area (Å²) in [6.07, 6.45) is 3.41. The highest BCUT2D eigenvalue weighted by Crippen LogP contribution is 2.40. The maximum Gasteiger partial charge on any atom is 0.251 e. The number of pyridine rings is 2. The summed E-state index contributed by atoms with van der Waals surface area (Å²) in [6.45, 7) is 0.557. The van der Waals surface area contributed by atoms with E-state index in [0.29, 0.717) is 11.6 Å². The number of hydrogen-bond donors (Lipinski definition) is 2. The number of benzene rings is 1. The number of aromatic amines is 1. The zero-order valence-corrected chi connectivity index (χ0v) is 15.6. The van der Waals surface area contributed by atoms with Crippen molar-refractivity contribution in [3.8, 4) is 11.3 Å². The van der Waals surface area contributed by atoms with Crippen molar-refractivity contribution in [2.24, 2.45) is 0 Å². The minimum Gasteiger partial charge on any atom is -0.348 e. The van der Waals surface area contributed by atoms with Gasteiger partial charge in [0.2, 0.25) is 0 Å². The highest BCUT2D eigenvalue weighted by Gasteiger charge is 2.21. The van der Waals surface area contributed by atoms with Gasteiger partial charge >= 0.3 is 0 Å². The first kappa shape index (κ1) is 16.4. The number of halogens is 1. The van der Waals surface area contributed by atoms with Crippen molar-refractivity contribution in [2.45, 2.75) is 16.5 Å². The summed E-state index contributed by atoms with van der Waals surface area (Å²) in [5.74, 6) is -0.0187. The summed E-state index contributed by atoms with van der Waals surface area (Å²) < 4.78 is 0. The molecule has 0 unspecified atom stereocenters. The fourth-order valence-electron chi connectivity index (χ4n) is 3.22. The third-order valence-electron chi connectivity index (χ3n) is 4.51. The predicted molar refractivity (Wildman–Crippen MR) is 106 cm³/mol. The molecule has 1 amide bonds. The largest absolute Gasteiger partial charge is 0.348 e. The van der Waals surface area contributed by atoms with Gasteiger partial charge in [-0.15, -0.1) is 0 Å². The SMILES string of the molecule is O=C1NCc2cc(-c3[nH]c4ncccc4c3Sc3ccc(Cl)cn3)ccc21. The van der Waals surface area contributed by atoms with Crippen LogP contribution in [0, 0.1) is 0 Å². The van der Waals surface area contributed by atoms with Crippen molar-refractivity contribution in [2.75, 3.05) is 0 Å². The maximum absolute atomic E-state index is 11.8. The number of carbonyl (C=O) groups excluding carboxylic acids is 1. The van der Waals surface area contributed by atoms with Gasteiger partial charge in [0, 0.05) is 34.8 Å². The predicted octanol–water partition coefficient (Wildman–Crippen LogP) is 4.67. The molecule has 5 rings (SSSR count). The highest BCUT2D eigenvalue weighted by atomic mass is 35.5. The number of amides is 1. The minimum atomic E-state index is -0.0187. The second-order valence-corrected chi connectivity index (χ2v) is 7.67. The molecule has 0 saturated heterocycles. The molecule has 0 fully saturated rings. The standard InChI is InChI=1S/C20H13ClN4OS/c21-13-4-6-16(23-10-13)27-18-15-2-1-7-22-19(15)25-17(18)11-3-5-14-12(8-11)9-24-20(14)26/h1-8,10H,9H2,(H,22,25)(H,24,26). The van der Waals surface area contributed by atoms with Gasteiger partial charge in [-0.3, -0.25) is 4.79 Å². The second kappa shape index (κ2) is 6.40. The summed E-state index contributed by atoms with van der Waals surface area (Å²) in [7, 11) is 0. The topological polar surface area (TPSA) is 70.7 Å². The Kier molecular flexibility index (Phi) is 3.88. The number of fused-ring (bicyclic) bond motifs is 2. The van der Waals surface area contributed by atoms with Gasteiger partial charge in [0.1, 0.15) is 10.7 Å². The van der Waals surface area contributed by atoms with Crippen LogP contribution >= 0.6 is 23.4 Å². The zero-order chi connectivity index (χ0) is 18.4. The number of nitrogens with one attached hydrogen (secondary N) is 2. The first-order chi connectivity index (χ1) is 13.2. The summed E-state index contributed by atoms with van der Waals surface area (Å²) in [5.41, 5.74) is 4.54. The normalized spacial score (nSPS) is 13.0. The molecular weight excluding hydrogens is 380 g/mol. The Morgan fingerprint density at radius 2 is 2.04 bits per heavy atom. The molecule has 0 atom stereocenters. The van der Waals surface area contributed by atoms with Gasteiger partial charge in [-0.25, -0.2) is 9.97 Å². The van der Waals surface area contributed by atoms with Gasteiger partial charge in [0.15, 0.2) is 0 Å². The lowest BCUT2D eigenvalue weighted by atomic mass is 10.0. The van der Waals surface area contributed by atoms with Gasteiger partial charge < -0.3 is 10.3 Å². The van der Waals surface area contributed by atoms with Crippen molar-refractivity contribution in [1.29, 1.82) is 0 Å². The van der Waals surface area contributed by atoms with E-state index in [9.17, 15) is 4.79 Å². The molecule has 0 aliphatic carbocycles. The summed E-state index contributed by atoms with van der Waals surface area (Å²) >= 11 is 7.52. The third-order valence-corrected chi connectivity index (χ3v) is 5.81. The molecule has 132 valence electrons. The van der Waals surface area contributed by atoms with E-state index in [-0.39, 0.29) is 5.91 Å². The molecule has 2 N–H and O–H groups in total. The Morgan fingerprint density at radius 3 is 2.89 bits per heavy atom. The smallest absolute Gasteiger partial charge is 0.251 e. The van der Waals surface area contributed by atoms with Crippen LogP contribution < -0.4 is 5.32 Å². The van der Waals surface area contributed by atoms with Crippen molar-refractivity contribution in [1.82, 2.24) is 20.3 Å². The Bertz CT molecular complexity index is 1190. The van der Waals surface area contributed by atoms with Crippen LogP contribution in [0.1, 0.15) is 15.9 Å². The van der Waals surface area contributed by atoms with E-state index < -0.39 is 0 Å². The Morgan fingerprint density at radius 1 is 1.11 bits per heavy atom. The molecular formula is C20H13ClN4OS. The summed E-state index contributed by atoms with van der Waals surface area (Å²) in [6, 6.07) is 13.6. The molecule has 0 bridgehead atoms. The first-order valence-corrected chi connectivity index (χ1v) is 9.56. The van der Waals surface area contributed by atoms with E-state index in [1.807, 2.05) is 36.4 Å². The highest BCUT2D eigenvalue weighted by molar-refractivity contribution is 7.99. The van der Waals surface area contributed by atoms with E-state index in [4.69, 9.17) is 11.6 Å². The third kappa shape index (κ3) is 2.87. The van der Waals surface area contributed by atoms with Gasteiger partial charge in [0.05, 0.1) is 10.7 Å². The molecule has 5 nitrogen and oxygen atoms in total. The minimum absolute atomic E-state index is 0.0187. The van der Waals surface area contributed by atoms with Crippen molar-refractivity contribution in [3.05, 3.63) is 71.0 Å². The van der Waals surface area contributed by atoms with Crippen LogP contribution in [-0.2, 0) is 6.54 Å². The van der Waals surface area contributed by atoms with Gasteiger partial charge in [-0.2, -0.15) is 0 Å². The molecule has 27 heavy (non-hydrogen) atoms. The van der Waals surface area contributed by atoms with Crippen molar-refractivity contribution >= 4 is 40.3 Å². The lowest BCUT2D eigenvalue weighted by molar-refractivity contribution is 0.0966. The van der Waals surface area contributed by atoms with Crippen molar-refractivity contribution < 1.29 is 4.79 Å². The Balaban J connectivity index is 1.66. The molecule has 0 spiro atoms. The van der Waals surface area contributed by atoms with Gasteiger partial charge in [0.25, 0.3) is 5.91 Å². The Labute approximate surface area is 164 Å². The molecule has 4 heterocycles. The second-order valence-electron chi connectivity index (χ2n) is 6.20. The lowest BCUT2D eigenvalue weighted by Crippen LogP contribution is -2.12. The van der Waals surface area contributed by atoms with Gasteiger partial charge in [-0.05, 0) is 47.5 Å². The average Bonchev–Trinajstić information content (AvgIpc) is 3.24. The van der Waals surface area contributed by atoms with Crippen LogP contribution in [0.15, 0.2) is 64.8 Å². The van der Waals surface area contributed by atoms with E-state index in [1.54, 1.807) is 24.2 Å². The molecule has 4 aromatic rings. The maximum atomic E-state index is 11.8. The fraction of sp³-hybridized carbons (Fsp3) is 0.0500. The van der Waals surface area contributed by atoms with E-state index in [0.717, 1.165) is 43.3 Å². The molecule has 1 aliphatic heterocycles. The van der Waals surface area contributed by atoms with Crippen molar-refractivity contribution in [3.63, 3.8) is 0 Å². The number of hydrogen-bond acceptors (Lipinski definition) is 4. The summed E-state index contributed by atoms with van der Waals surface area (Å²) in [5, 5.41) is 5.35. The first-order valence-electron chi connectivity index (χ1n) is 8.36. The molecule has 0 saturated carbocycles. The average molecular weight is 393 g/mol. The molecule has 7 heteroatoms. The quantitative estimate of drug-likeness (QED) is 0.531. The molecule has 1 aliphatic rings. The van der Waals surface area contributed by atoms with Crippen LogP contribution in [0.5, 0.6) is 0 Å². The van der Waals surface area contributed by atoms with Crippen LogP contribution in [-0.4, -0.2) is 20.9 Å². The fourth-order valence-corrected chi connectivity index (χ4v) is 4.33. The van der Waals surface area contributed by atoms with E-state index >= 15 is 0 Å². The van der Waals surface area contributed by atoms with E-state index in [2.05, 4.69) is 26.3 Å². The van der Waals surface area contributed by atoms with Crippen LogP contribution in [0.3, 0.4) is 0 Å². The molecule has 1 aromatic carbocycles. The number of aromatic nitrogens is 3. The number of H-pyrrole nitrogens is 1. The summed E-state index contributed by atoms with van der Waals surface area (Å²) in [4.78, 5) is 25.2. The number of carbonyl (C=O) groups is 1. The van der Waals surface area contributed by atoms with Crippen LogP contribution in [0.25, 0.3) is 22.3 Å². The molecule has 3 aromatic heterocycles. The van der Waals surface area contributed by atoms with Crippen LogP contribution in [0.4, 0.5) is 0 Å². The molecule has 0 radical (unpaired) electrons. The van der Waals surface area contributed by atoms with E-state index in [1.165, 1.54) is 0 Å². The number of rotatable bonds is 3. The number of nitrogens with zero attached hydrogens (tertiary/aromatic N) is 2. The zero-order valence-electron chi connectivity index (χ0n) is 14.0. The Hall–Kier alpha value is -2.83. The van der Waals surface area contributed by atoms with Crippen LogP contribution in [0.2, 0.25) is 5.02 Å². The lowest BCUT2D eigenvalue weighted by Gasteiger charge is -2.06.